The van der Waals surface area contributed by atoms with E-state index in [2.05, 4.69) is 20.8 Å². The molecule has 0 fully saturated rings. The molecule has 3 rings (SSSR count). The molecule has 0 saturated heterocycles. The Balaban J connectivity index is 1.77. The molecule has 2 aromatic heterocycles. The Kier molecular flexibility index (Phi) is 5.86. The largest absolute Gasteiger partial charge is 0.345 e. The van der Waals surface area contributed by atoms with Crippen LogP contribution in [0.1, 0.15) is 43.0 Å². The molecule has 0 aliphatic rings. The summed E-state index contributed by atoms with van der Waals surface area (Å²) in [5, 5.41) is 13.3. The average Bonchev–Trinajstić information content (AvgIpc) is 3.09. The van der Waals surface area contributed by atoms with E-state index in [1.807, 2.05) is 12.1 Å². The van der Waals surface area contributed by atoms with Gasteiger partial charge in [0.1, 0.15) is 23.2 Å². The number of rotatable bonds is 6. The smallest absolute Gasteiger partial charge is 0.257 e. The molecular formula is C20H21F2N5O2. The number of hydrogen-bond donors (Lipinski definition) is 2. The topological polar surface area (TPSA) is 88.4 Å². The molecule has 2 atom stereocenters. The second-order valence-electron chi connectivity index (χ2n) is 7.01. The molecule has 29 heavy (non-hydrogen) atoms. The van der Waals surface area contributed by atoms with E-state index in [-0.39, 0.29) is 5.92 Å². The van der Waals surface area contributed by atoms with Crippen LogP contribution in [0.15, 0.2) is 42.6 Å². The first-order valence-electron chi connectivity index (χ1n) is 9.14. The highest BCUT2D eigenvalue weighted by molar-refractivity contribution is 5.98. The SMILES string of the molecule is CC(NC(=O)C(NC(=O)c1c(F)cccc1F)C(C)C)c1nnc2ccccn12. The van der Waals surface area contributed by atoms with Crippen molar-refractivity contribution in [2.45, 2.75) is 32.9 Å². The number of amides is 2. The van der Waals surface area contributed by atoms with Crippen LogP contribution in [0, 0.1) is 17.6 Å². The molecule has 1 aromatic carbocycles. The Morgan fingerprint density at radius 1 is 0.966 bits per heavy atom. The van der Waals surface area contributed by atoms with Gasteiger partial charge < -0.3 is 10.6 Å². The number of carbonyl (C=O) groups excluding carboxylic acids is 2. The average molecular weight is 401 g/mol. The van der Waals surface area contributed by atoms with Gasteiger partial charge in [-0.05, 0) is 37.1 Å². The quantitative estimate of drug-likeness (QED) is 0.665. The Morgan fingerprint density at radius 2 is 1.66 bits per heavy atom. The third kappa shape index (κ3) is 4.23. The number of halogens is 2. The summed E-state index contributed by atoms with van der Waals surface area (Å²) in [5.74, 6) is -3.28. The number of pyridine rings is 1. The van der Waals surface area contributed by atoms with Gasteiger partial charge in [-0.2, -0.15) is 0 Å². The van der Waals surface area contributed by atoms with Crippen molar-refractivity contribution >= 4 is 17.5 Å². The van der Waals surface area contributed by atoms with Gasteiger partial charge in [-0.25, -0.2) is 8.78 Å². The van der Waals surface area contributed by atoms with Gasteiger partial charge in [0.15, 0.2) is 11.5 Å². The number of nitrogens with one attached hydrogen (secondary N) is 2. The van der Waals surface area contributed by atoms with E-state index in [1.54, 1.807) is 37.4 Å². The van der Waals surface area contributed by atoms with Crippen LogP contribution < -0.4 is 10.6 Å². The molecular weight excluding hydrogens is 380 g/mol. The van der Waals surface area contributed by atoms with Crippen molar-refractivity contribution < 1.29 is 18.4 Å². The first kappa shape index (κ1) is 20.4. The van der Waals surface area contributed by atoms with Gasteiger partial charge in [0, 0.05) is 6.20 Å². The van der Waals surface area contributed by atoms with Gasteiger partial charge in [0.05, 0.1) is 6.04 Å². The lowest BCUT2D eigenvalue weighted by atomic mass is 10.0. The first-order valence-corrected chi connectivity index (χ1v) is 9.14. The standard InChI is InChI=1S/C20H21F2N5O2/c1-11(2)17(24-19(28)16-13(21)7-6-8-14(16)22)20(29)23-12(3)18-26-25-15-9-4-5-10-27(15)18/h4-12,17H,1-3H3,(H,23,29)(H,24,28). The van der Waals surface area contributed by atoms with Crippen molar-refractivity contribution in [2.75, 3.05) is 0 Å². The second kappa shape index (κ2) is 8.34. The number of aromatic nitrogens is 3. The fourth-order valence-electron chi connectivity index (χ4n) is 2.99. The van der Waals surface area contributed by atoms with E-state index < -0.39 is 41.1 Å². The summed E-state index contributed by atoms with van der Waals surface area (Å²) in [6.07, 6.45) is 1.77. The van der Waals surface area contributed by atoms with Gasteiger partial charge in [-0.1, -0.05) is 26.0 Å². The van der Waals surface area contributed by atoms with Crippen LogP contribution in [0.25, 0.3) is 5.65 Å². The van der Waals surface area contributed by atoms with Gasteiger partial charge in [0.25, 0.3) is 5.91 Å². The number of hydrogen-bond acceptors (Lipinski definition) is 4. The molecule has 2 amide bonds. The molecule has 0 aliphatic heterocycles. The van der Waals surface area contributed by atoms with Crippen LogP contribution in [-0.4, -0.2) is 32.5 Å². The predicted molar refractivity (Wildman–Crippen MR) is 102 cm³/mol. The third-order valence-electron chi connectivity index (χ3n) is 4.51. The van der Waals surface area contributed by atoms with Gasteiger partial charge >= 0.3 is 0 Å². The minimum atomic E-state index is -0.997. The van der Waals surface area contributed by atoms with Crippen molar-refractivity contribution in [3.63, 3.8) is 0 Å². The maximum absolute atomic E-state index is 13.9. The summed E-state index contributed by atoms with van der Waals surface area (Å²) >= 11 is 0. The second-order valence-corrected chi connectivity index (χ2v) is 7.01. The fraction of sp³-hybridized carbons (Fsp3) is 0.300. The zero-order chi connectivity index (χ0) is 21.1. The maximum atomic E-state index is 13.9. The van der Waals surface area contributed by atoms with Gasteiger partial charge in [-0.3, -0.25) is 14.0 Å². The van der Waals surface area contributed by atoms with Crippen molar-refractivity contribution in [1.29, 1.82) is 0 Å². The van der Waals surface area contributed by atoms with E-state index in [0.29, 0.717) is 11.5 Å². The lowest BCUT2D eigenvalue weighted by Gasteiger charge is -2.23. The molecule has 2 unspecified atom stereocenters. The number of nitrogens with zero attached hydrogens (tertiary/aromatic N) is 3. The van der Waals surface area contributed by atoms with E-state index in [9.17, 15) is 18.4 Å². The molecule has 0 radical (unpaired) electrons. The lowest BCUT2D eigenvalue weighted by Crippen LogP contribution is -2.50. The molecule has 0 bridgehead atoms. The molecule has 0 aliphatic carbocycles. The predicted octanol–water partition coefficient (Wildman–Crippen LogP) is 2.64. The van der Waals surface area contributed by atoms with Crippen molar-refractivity contribution in [3.8, 4) is 0 Å². The molecule has 0 saturated carbocycles. The summed E-state index contributed by atoms with van der Waals surface area (Å²) in [5.41, 5.74) is -0.0882. The Hall–Kier alpha value is -3.36. The van der Waals surface area contributed by atoms with Gasteiger partial charge in [0.2, 0.25) is 5.91 Å². The van der Waals surface area contributed by atoms with Gasteiger partial charge in [-0.15, -0.1) is 10.2 Å². The molecule has 7 nitrogen and oxygen atoms in total. The summed E-state index contributed by atoms with van der Waals surface area (Å²) in [6, 6.07) is 7.05. The number of fused-ring (bicyclic) bond motifs is 1. The summed E-state index contributed by atoms with van der Waals surface area (Å²) in [4.78, 5) is 25.2. The minimum Gasteiger partial charge on any atom is -0.345 e. The van der Waals surface area contributed by atoms with Crippen LogP contribution in [0.5, 0.6) is 0 Å². The summed E-state index contributed by atoms with van der Waals surface area (Å²) in [7, 11) is 0. The van der Waals surface area contributed by atoms with Crippen molar-refractivity contribution in [1.82, 2.24) is 25.2 Å². The summed E-state index contributed by atoms with van der Waals surface area (Å²) in [6.45, 7) is 5.18. The first-order chi connectivity index (χ1) is 13.8. The Morgan fingerprint density at radius 3 is 2.31 bits per heavy atom. The Bertz CT molecular complexity index is 1030. The third-order valence-corrected chi connectivity index (χ3v) is 4.51. The van der Waals surface area contributed by atoms with E-state index in [4.69, 9.17) is 0 Å². The normalized spacial score (nSPS) is 13.3. The zero-order valence-corrected chi connectivity index (χ0v) is 16.2. The number of benzene rings is 1. The maximum Gasteiger partial charge on any atom is 0.257 e. The van der Waals surface area contributed by atoms with Crippen LogP contribution in [-0.2, 0) is 4.79 Å². The van der Waals surface area contributed by atoms with Crippen LogP contribution in [0.3, 0.4) is 0 Å². The molecule has 0 spiro atoms. The highest BCUT2D eigenvalue weighted by Crippen LogP contribution is 2.15. The zero-order valence-electron chi connectivity index (χ0n) is 16.2. The van der Waals surface area contributed by atoms with E-state index >= 15 is 0 Å². The van der Waals surface area contributed by atoms with Crippen molar-refractivity contribution in [3.05, 3.63) is 65.6 Å². The molecule has 2 heterocycles. The molecule has 9 heteroatoms. The monoisotopic (exact) mass is 401 g/mol. The highest BCUT2D eigenvalue weighted by atomic mass is 19.1. The molecule has 2 N–H and O–H groups in total. The van der Waals surface area contributed by atoms with Crippen LogP contribution in [0.4, 0.5) is 8.78 Å². The molecule has 3 aromatic rings. The lowest BCUT2D eigenvalue weighted by molar-refractivity contribution is -0.124. The fourth-order valence-corrected chi connectivity index (χ4v) is 2.99. The highest BCUT2D eigenvalue weighted by Gasteiger charge is 2.29. The van der Waals surface area contributed by atoms with Crippen LogP contribution >= 0.6 is 0 Å². The summed E-state index contributed by atoms with van der Waals surface area (Å²) < 4.78 is 29.5. The molecule has 152 valence electrons. The number of carbonyl (C=O) groups is 2. The Labute approximate surface area is 166 Å². The van der Waals surface area contributed by atoms with Crippen molar-refractivity contribution in [2.24, 2.45) is 5.92 Å². The minimum absolute atomic E-state index is 0.323. The van der Waals surface area contributed by atoms with E-state index in [0.717, 1.165) is 12.1 Å². The van der Waals surface area contributed by atoms with E-state index in [1.165, 1.54) is 6.07 Å². The van der Waals surface area contributed by atoms with Crippen LogP contribution in [0.2, 0.25) is 0 Å².